The van der Waals surface area contributed by atoms with Gasteiger partial charge in [-0.1, -0.05) is 18.2 Å². The molecule has 10 heteroatoms. The van der Waals surface area contributed by atoms with Crippen LogP contribution in [0.4, 0.5) is 5.69 Å². The monoisotopic (exact) mass is 483 g/mol. The summed E-state index contributed by atoms with van der Waals surface area (Å²) in [4.78, 5) is 39.3. The van der Waals surface area contributed by atoms with Crippen molar-refractivity contribution in [2.45, 2.75) is 6.42 Å². The van der Waals surface area contributed by atoms with Gasteiger partial charge in [0.25, 0.3) is 11.8 Å². The number of aliphatic hydroxyl groups is 1. The molecule has 1 aliphatic heterocycles. The molecule has 2 aromatic carbocycles. The van der Waals surface area contributed by atoms with Crippen molar-refractivity contribution in [2.24, 2.45) is 0 Å². The van der Waals surface area contributed by atoms with Crippen LogP contribution < -0.4 is 20.1 Å². The molecule has 0 bridgehead atoms. The van der Waals surface area contributed by atoms with Crippen LogP contribution in [0.25, 0.3) is 0 Å². The number of carbonyl (C=O) groups is 3. The highest BCUT2D eigenvalue weighted by Crippen LogP contribution is 2.28. The van der Waals surface area contributed by atoms with Crippen LogP contribution in [-0.4, -0.2) is 75.4 Å². The normalized spacial score (nSPS) is 13.0. The highest BCUT2D eigenvalue weighted by molar-refractivity contribution is 6.09. The minimum atomic E-state index is -0.654. The molecule has 2 amide bonds. The van der Waals surface area contributed by atoms with Crippen molar-refractivity contribution < 1.29 is 33.7 Å². The number of rotatable bonds is 11. The van der Waals surface area contributed by atoms with E-state index in [1.165, 1.54) is 12.0 Å². The molecule has 0 unspecified atom stereocenters. The molecule has 10 nitrogen and oxygen atoms in total. The molecule has 0 aromatic heterocycles. The first-order valence-electron chi connectivity index (χ1n) is 11.0. The van der Waals surface area contributed by atoms with Gasteiger partial charge in [-0.3, -0.25) is 9.59 Å². The Balaban J connectivity index is 1.73. The van der Waals surface area contributed by atoms with E-state index in [2.05, 4.69) is 10.6 Å². The van der Waals surface area contributed by atoms with Crippen molar-refractivity contribution in [3.8, 4) is 11.5 Å². The zero-order chi connectivity index (χ0) is 25.4. The number of methoxy groups -OCH3 is 3. The van der Waals surface area contributed by atoms with Gasteiger partial charge >= 0.3 is 5.97 Å². The SMILES string of the molecule is COC(=O)C1=C(Nc2ccccc2C(=O)NCCc2ccc(OC)c(OC)c2)C(=O)N(CCO)C1. The third-order valence-electron chi connectivity index (χ3n) is 5.53. The first kappa shape index (κ1) is 25.6. The Kier molecular flexibility index (Phi) is 8.69. The second kappa shape index (κ2) is 11.9. The Morgan fingerprint density at radius 1 is 1.06 bits per heavy atom. The molecule has 1 aliphatic rings. The summed E-state index contributed by atoms with van der Waals surface area (Å²) in [5.41, 5.74) is 1.80. The molecule has 0 spiro atoms. The summed E-state index contributed by atoms with van der Waals surface area (Å²) in [5.74, 6) is -0.218. The smallest absolute Gasteiger partial charge is 0.337 e. The van der Waals surface area contributed by atoms with Gasteiger partial charge in [0.2, 0.25) is 0 Å². The van der Waals surface area contributed by atoms with Gasteiger partial charge in [0.15, 0.2) is 11.5 Å². The van der Waals surface area contributed by atoms with E-state index in [4.69, 9.17) is 14.2 Å². The summed E-state index contributed by atoms with van der Waals surface area (Å²) in [6.07, 6.45) is 0.563. The number of amides is 2. The molecule has 3 N–H and O–H groups in total. The van der Waals surface area contributed by atoms with Gasteiger partial charge in [-0.05, 0) is 36.2 Å². The molecule has 0 fully saturated rings. The first-order valence-corrected chi connectivity index (χ1v) is 11.0. The number of para-hydroxylation sites is 1. The fourth-order valence-corrected chi connectivity index (χ4v) is 3.73. The maximum atomic E-state index is 12.9. The molecular weight excluding hydrogens is 454 g/mol. The zero-order valence-corrected chi connectivity index (χ0v) is 19.9. The minimum Gasteiger partial charge on any atom is -0.493 e. The number of aliphatic hydroxyl groups excluding tert-OH is 1. The van der Waals surface area contributed by atoms with E-state index in [-0.39, 0.29) is 36.9 Å². The van der Waals surface area contributed by atoms with Crippen LogP contribution in [0.5, 0.6) is 11.5 Å². The van der Waals surface area contributed by atoms with E-state index in [0.29, 0.717) is 35.7 Å². The standard InChI is InChI=1S/C25H29N3O7/c1-33-20-9-8-16(14-21(20)34-2)10-11-26-23(30)17-6-4-5-7-19(17)27-22-18(25(32)35-3)15-28(12-13-29)24(22)31/h4-9,14,27,29H,10-13,15H2,1-3H3,(H,26,30). The Hall–Kier alpha value is -4.05. The third kappa shape index (κ3) is 5.90. The number of nitrogens with one attached hydrogen (secondary N) is 2. The highest BCUT2D eigenvalue weighted by atomic mass is 16.5. The Morgan fingerprint density at radius 3 is 2.49 bits per heavy atom. The molecule has 2 aromatic rings. The second-order valence-electron chi connectivity index (χ2n) is 7.66. The van der Waals surface area contributed by atoms with Crippen molar-refractivity contribution in [3.63, 3.8) is 0 Å². The van der Waals surface area contributed by atoms with Crippen LogP contribution in [0.2, 0.25) is 0 Å². The van der Waals surface area contributed by atoms with Gasteiger partial charge in [-0.15, -0.1) is 0 Å². The number of ether oxygens (including phenoxy) is 3. The highest BCUT2D eigenvalue weighted by Gasteiger charge is 2.34. The molecule has 0 aliphatic carbocycles. The van der Waals surface area contributed by atoms with Crippen LogP contribution in [0.3, 0.4) is 0 Å². The van der Waals surface area contributed by atoms with Gasteiger partial charge in [0.05, 0.1) is 51.3 Å². The van der Waals surface area contributed by atoms with Crippen molar-refractivity contribution in [1.82, 2.24) is 10.2 Å². The molecule has 0 saturated carbocycles. The minimum absolute atomic E-state index is 0.00802. The van der Waals surface area contributed by atoms with E-state index >= 15 is 0 Å². The number of carbonyl (C=O) groups excluding carboxylic acids is 3. The number of anilines is 1. The van der Waals surface area contributed by atoms with Crippen molar-refractivity contribution in [3.05, 3.63) is 64.9 Å². The van der Waals surface area contributed by atoms with Gasteiger partial charge in [0.1, 0.15) is 5.70 Å². The predicted molar refractivity (Wildman–Crippen MR) is 128 cm³/mol. The largest absolute Gasteiger partial charge is 0.493 e. The Morgan fingerprint density at radius 2 is 1.80 bits per heavy atom. The van der Waals surface area contributed by atoms with E-state index in [0.717, 1.165) is 5.56 Å². The number of esters is 1. The molecule has 0 saturated heterocycles. The van der Waals surface area contributed by atoms with Crippen LogP contribution in [-0.2, 0) is 20.7 Å². The number of nitrogens with zero attached hydrogens (tertiary/aromatic N) is 1. The van der Waals surface area contributed by atoms with Gasteiger partial charge < -0.3 is 34.9 Å². The summed E-state index contributed by atoms with van der Waals surface area (Å²) in [6, 6.07) is 12.2. The van der Waals surface area contributed by atoms with E-state index in [1.807, 2.05) is 12.1 Å². The Labute approximate surface area is 203 Å². The molecule has 3 rings (SSSR count). The van der Waals surface area contributed by atoms with Crippen molar-refractivity contribution in [2.75, 3.05) is 52.9 Å². The van der Waals surface area contributed by atoms with Gasteiger partial charge in [-0.2, -0.15) is 0 Å². The number of β-amino-alcohol motifs (C(OH)–C–C–N with tert-alkyl or cyclic N) is 1. The van der Waals surface area contributed by atoms with Crippen LogP contribution in [0, 0.1) is 0 Å². The maximum absolute atomic E-state index is 12.9. The Bertz CT molecular complexity index is 1130. The van der Waals surface area contributed by atoms with Crippen LogP contribution in [0.15, 0.2) is 53.7 Å². The summed E-state index contributed by atoms with van der Waals surface area (Å²) in [7, 11) is 4.36. The molecule has 0 atom stereocenters. The second-order valence-corrected chi connectivity index (χ2v) is 7.66. The average Bonchev–Trinajstić information content (AvgIpc) is 3.18. The summed E-state index contributed by atoms with van der Waals surface area (Å²) < 4.78 is 15.4. The molecule has 0 radical (unpaired) electrons. The lowest BCUT2D eigenvalue weighted by atomic mass is 10.1. The topological polar surface area (TPSA) is 126 Å². The van der Waals surface area contributed by atoms with E-state index in [9.17, 15) is 19.5 Å². The number of hydrogen-bond acceptors (Lipinski definition) is 8. The predicted octanol–water partition coefficient (Wildman–Crippen LogP) is 1.35. The molecular formula is C25H29N3O7. The number of hydrogen-bond donors (Lipinski definition) is 3. The fraction of sp³-hybridized carbons (Fsp3) is 0.320. The van der Waals surface area contributed by atoms with Gasteiger partial charge in [-0.25, -0.2) is 4.79 Å². The molecule has 186 valence electrons. The number of benzene rings is 2. The van der Waals surface area contributed by atoms with Crippen LogP contribution >= 0.6 is 0 Å². The lowest BCUT2D eigenvalue weighted by Crippen LogP contribution is -2.31. The van der Waals surface area contributed by atoms with Crippen molar-refractivity contribution in [1.29, 1.82) is 0 Å². The maximum Gasteiger partial charge on any atom is 0.337 e. The summed E-state index contributed by atoms with van der Waals surface area (Å²) in [6.45, 7) is 0.200. The molecule has 35 heavy (non-hydrogen) atoms. The lowest BCUT2D eigenvalue weighted by Gasteiger charge is -2.16. The first-order chi connectivity index (χ1) is 16.9. The van der Waals surface area contributed by atoms with E-state index < -0.39 is 11.9 Å². The van der Waals surface area contributed by atoms with Crippen LogP contribution in [0.1, 0.15) is 15.9 Å². The summed E-state index contributed by atoms with van der Waals surface area (Å²) >= 11 is 0. The molecule has 1 heterocycles. The quantitative estimate of drug-likeness (QED) is 0.409. The fourth-order valence-electron chi connectivity index (χ4n) is 3.73. The lowest BCUT2D eigenvalue weighted by molar-refractivity contribution is -0.136. The van der Waals surface area contributed by atoms with Crippen molar-refractivity contribution >= 4 is 23.5 Å². The third-order valence-corrected chi connectivity index (χ3v) is 5.53. The van der Waals surface area contributed by atoms with Gasteiger partial charge in [0, 0.05) is 13.1 Å². The zero-order valence-electron chi connectivity index (χ0n) is 19.9. The average molecular weight is 484 g/mol. The summed E-state index contributed by atoms with van der Waals surface area (Å²) in [5, 5.41) is 15.0. The van der Waals surface area contributed by atoms with E-state index in [1.54, 1.807) is 44.6 Å².